The number of nitrogens with two attached hydrogens (primary N) is 1. The molecule has 1 aliphatic carbocycles. The number of nitrogens with one attached hydrogen (secondary N) is 1. The molecule has 0 aliphatic heterocycles. The van der Waals surface area contributed by atoms with E-state index in [1.807, 2.05) is 0 Å². The summed E-state index contributed by atoms with van der Waals surface area (Å²) in [4.78, 5) is 7.94. The summed E-state index contributed by atoms with van der Waals surface area (Å²) in [6.45, 7) is 0.201. The maximum absolute atomic E-state index is 8.95. The van der Waals surface area contributed by atoms with E-state index < -0.39 is 0 Å². The van der Waals surface area contributed by atoms with E-state index in [1.165, 1.54) is 6.33 Å². The molecule has 0 aromatic carbocycles. The van der Waals surface area contributed by atoms with Crippen LogP contribution in [0.5, 0.6) is 0 Å². The monoisotopic (exact) mass is 220 g/mol. The topological polar surface area (TPSA) is 84.1 Å². The Hall–Kier alpha value is -1.62. The summed E-state index contributed by atoms with van der Waals surface area (Å²) >= 11 is 0. The Morgan fingerprint density at radius 3 is 3.19 bits per heavy atom. The molecule has 5 nitrogen and oxygen atoms in total. The van der Waals surface area contributed by atoms with E-state index in [9.17, 15) is 0 Å². The summed E-state index contributed by atoms with van der Waals surface area (Å²) in [7, 11) is 0. The Bertz CT molecular complexity index is 380. The molecule has 0 spiro atoms. The first-order valence-electron chi connectivity index (χ1n) is 5.41. The molecule has 5 heteroatoms. The number of nitrogens with zero attached hydrogens (tertiary/aromatic N) is 2. The van der Waals surface area contributed by atoms with Crippen LogP contribution in [0.2, 0.25) is 0 Å². The first-order valence-corrected chi connectivity index (χ1v) is 5.41. The molecule has 1 aromatic rings. The van der Waals surface area contributed by atoms with Gasteiger partial charge in [-0.1, -0.05) is 12.2 Å². The van der Waals surface area contributed by atoms with E-state index in [4.69, 9.17) is 10.8 Å². The molecule has 2 unspecified atom stereocenters. The summed E-state index contributed by atoms with van der Waals surface area (Å²) < 4.78 is 0. The summed E-state index contributed by atoms with van der Waals surface area (Å²) in [6.07, 6.45) is 9.01. The van der Waals surface area contributed by atoms with Gasteiger partial charge in [0.25, 0.3) is 0 Å². The van der Waals surface area contributed by atoms with Gasteiger partial charge in [-0.2, -0.15) is 0 Å². The minimum Gasteiger partial charge on any atom is -0.396 e. The van der Waals surface area contributed by atoms with Crippen molar-refractivity contribution in [3.8, 4) is 0 Å². The second-order valence-electron chi connectivity index (χ2n) is 3.92. The second kappa shape index (κ2) is 4.94. The van der Waals surface area contributed by atoms with Crippen LogP contribution in [0.4, 0.5) is 11.5 Å². The van der Waals surface area contributed by atoms with Gasteiger partial charge >= 0.3 is 0 Å². The highest BCUT2D eigenvalue weighted by Gasteiger charge is 2.22. The zero-order chi connectivity index (χ0) is 11.4. The molecule has 1 aromatic heterocycles. The maximum atomic E-state index is 8.95. The summed E-state index contributed by atoms with van der Waals surface area (Å²) in [5.41, 5.74) is 6.31. The number of rotatable bonds is 4. The number of aromatic nitrogens is 2. The van der Waals surface area contributed by atoms with Gasteiger partial charge < -0.3 is 16.2 Å². The highest BCUT2D eigenvalue weighted by molar-refractivity contribution is 5.59. The summed E-state index contributed by atoms with van der Waals surface area (Å²) in [5, 5.41) is 12.2. The molecule has 2 atom stereocenters. The van der Waals surface area contributed by atoms with Crippen LogP contribution in [0.1, 0.15) is 12.8 Å². The molecule has 0 radical (unpaired) electrons. The van der Waals surface area contributed by atoms with Crippen molar-refractivity contribution >= 4 is 11.5 Å². The fraction of sp³-hybridized carbons (Fsp3) is 0.455. The van der Waals surface area contributed by atoms with E-state index >= 15 is 0 Å². The molecule has 0 saturated heterocycles. The van der Waals surface area contributed by atoms with Crippen molar-refractivity contribution < 1.29 is 5.11 Å². The minimum absolute atomic E-state index is 0.201. The van der Waals surface area contributed by atoms with Crippen molar-refractivity contribution in [2.45, 2.75) is 18.9 Å². The molecule has 4 N–H and O–H groups in total. The summed E-state index contributed by atoms with van der Waals surface area (Å²) in [6, 6.07) is 0.268. The predicted octanol–water partition coefficient (Wildman–Crippen LogP) is 0.798. The van der Waals surface area contributed by atoms with Crippen LogP contribution in [-0.2, 0) is 0 Å². The number of hydrogen-bond donors (Lipinski definition) is 3. The Labute approximate surface area is 94.4 Å². The number of nitrogen functional groups attached to an aromatic ring is 1. The van der Waals surface area contributed by atoms with Crippen molar-refractivity contribution in [1.82, 2.24) is 9.97 Å². The van der Waals surface area contributed by atoms with Gasteiger partial charge in [0.1, 0.15) is 6.33 Å². The van der Waals surface area contributed by atoms with E-state index in [0.29, 0.717) is 17.4 Å². The summed E-state index contributed by atoms with van der Waals surface area (Å²) in [5.74, 6) is 1.02. The second-order valence-corrected chi connectivity index (χ2v) is 3.92. The van der Waals surface area contributed by atoms with Crippen LogP contribution in [-0.4, -0.2) is 27.7 Å². The minimum atomic E-state index is 0.201. The third kappa shape index (κ3) is 2.30. The number of hydrogen-bond acceptors (Lipinski definition) is 5. The molecule has 1 heterocycles. The first kappa shape index (κ1) is 10.9. The standard InChI is InChI=1S/C11H16N4O/c12-9-6-13-7-14-11(9)15-10-3-1-2-8(10)4-5-16/h1-2,6-8,10,16H,3-5,12H2,(H,13,14,15). The normalized spacial score (nSPS) is 23.6. The van der Waals surface area contributed by atoms with Crippen molar-refractivity contribution in [1.29, 1.82) is 0 Å². The molecule has 0 bridgehead atoms. The van der Waals surface area contributed by atoms with Gasteiger partial charge in [-0.3, -0.25) is 0 Å². The fourth-order valence-electron chi connectivity index (χ4n) is 1.96. The van der Waals surface area contributed by atoms with E-state index in [2.05, 4.69) is 27.4 Å². The first-order chi connectivity index (χ1) is 7.81. The van der Waals surface area contributed by atoms with E-state index in [1.54, 1.807) is 6.20 Å². The van der Waals surface area contributed by atoms with Crippen LogP contribution < -0.4 is 11.1 Å². The largest absolute Gasteiger partial charge is 0.396 e. The average Bonchev–Trinajstić information content (AvgIpc) is 2.70. The fourth-order valence-corrected chi connectivity index (χ4v) is 1.96. The molecular formula is C11H16N4O. The van der Waals surface area contributed by atoms with E-state index in [0.717, 1.165) is 12.8 Å². The molecule has 86 valence electrons. The van der Waals surface area contributed by atoms with Crippen molar-refractivity contribution in [3.63, 3.8) is 0 Å². The van der Waals surface area contributed by atoms with Crippen molar-refractivity contribution in [2.75, 3.05) is 17.7 Å². The zero-order valence-corrected chi connectivity index (χ0v) is 9.00. The van der Waals surface area contributed by atoms with Crippen LogP contribution in [0, 0.1) is 5.92 Å². The third-order valence-electron chi connectivity index (χ3n) is 2.82. The average molecular weight is 220 g/mol. The molecule has 0 saturated carbocycles. The lowest BCUT2D eigenvalue weighted by atomic mass is 10.0. The van der Waals surface area contributed by atoms with Crippen molar-refractivity contribution in [2.24, 2.45) is 5.92 Å². The van der Waals surface area contributed by atoms with Crippen LogP contribution in [0.25, 0.3) is 0 Å². The van der Waals surface area contributed by atoms with E-state index in [-0.39, 0.29) is 12.6 Å². The molecule has 16 heavy (non-hydrogen) atoms. The number of aliphatic hydroxyl groups excluding tert-OH is 1. The van der Waals surface area contributed by atoms with Crippen LogP contribution in [0.3, 0.4) is 0 Å². The number of anilines is 2. The molecular weight excluding hydrogens is 204 g/mol. The third-order valence-corrected chi connectivity index (χ3v) is 2.82. The van der Waals surface area contributed by atoms with Gasteiger partial charge in [-0.15, -0.1) is 0 Å². The van der Waals surface area contributed by atoms with Gasteiger partial charge in [-0.05, 0) is 18.8 Å². The quantitative estimate of drug-likeness (QED) is 0.653. The molecule has 2 rings (SSSR count). The highest BCUT2D eigenvalue weighted by Crippen LogP contribution is 2.25. The van der Waals surface area contributed by atoms with Crippen molar-refractivity contribution in [3.05, 3.63) is 24.7 Å². The van der Waals surface area contributed by atoms with Crippen LogP contribution in [0.15, 0.2) is 24.7 Å². The maximum Gasteiger partial charge on any atom is 0.152 e. The lowest BCUT2D eigenvalue weighted by Gasteiger charge is -2.21. The molecule has 1 aliphatic rings. The Balaban J connectivity index is 2.02. The highest BCUT2D eigenvalue weighted by atomic mass is 16.3. The van der Waals surface area contributed by atoms with Gasteiger partial charge in [0.05, 0.1) is 11.9 Å². The van der Waals surface area contributed by atoms with Gasteiger partial charge in [0.2, 0.25) is 0 Å². The van der Waals surface area contributed by atoms with Crippen LogP contribution >= 0.6 is 0 Å². The molecule has 0 fully saturated rings. The lowest BCUT2D eigenvalue weighted by Crippen LogP contribution is -2.26. The number of aliphatic hydroxyl groups is 1. The molecule has 0 amide bonds. The Kier molecular flexibility index (Phi) is 3.36. The Morgan fingerprint density at radius 2 is 2.44 bits per heavy atom. The van der Waals surface area contributed by atoms with Gasteiger partial charge in [0.15, 0.2) is 5.82 Å². The van der Waals surface area contributed by atoms with Gasteiger partial charge in [-0.25, -0.2) is 9.97 Å². The zero-order valence-electron chi connectivity index (χ0n) is 9.00. The predicted molar refractivity (Wildman–Crippen MR) is 62.8 cm³/mol. The lowest BCUT2D eigenvalue weighted by molar-refractivity contribution is 0.265. The smallest absolute Gasteiger partial charge is 0.152 e. The Morgan fingerprint density at radius 1 is 1.56 bits per heavy atom. The van der Waals surface area contributed by atoms with Gasteiger partial charge in [0, 0.05) is 12.6 Å². The SMILES string of the molecule is Nc1cncnc1NC1CC=CC1CCO.